The van der Waals surface area contributed by atoms with Crippen LogP contribution in [0.4, 0.5) is 0 Å². The Bertz CT molecular complexity index is 117. The average molecular weight is 161 g/mol. The molecular formula is C7H15NOS. The summed E-state index contributed by atoms with van der Waals surface area (Å²) in [5.41, 5.74) is 2.71. The predicted molar refractivity (Wildman–Crippen MR) is 46.8 cm³/mol. The van der Waals surface area contributed by atoms with Crippen LogP contribution < -0.4 is 5.48 Å². The van der Waals surface area contributed by atoms with Crippen LogP contribution in [0.1, 0.15) is 27.7 Å². The lowest BCUT2D eigenvalue weighted by molar-refractivity contribution is 0.0929. The molecule has 0 spiro atoms. The standard InChI is InChI=1S/C7H15NOS/c1-5-9-8-6(10)7(2,3)4/h5H2,1-4H3,(H,8,10). The molecule has 0 amide bonds. The molecule has 0 fully saturated rings. The molecule has 0 unspecified atom stereocenters. The highest BCUT2D eigenvalue weighted by Gasteiger charge is 2.16. The Morgan fingerprint density at radius 1 is 1.50 bits per heavy atom. The van der Waals surface area contributed by atoms with Crippen molar-refractivity contribution in [1.82, 2.24) is 5.48 Å². The van der Waals surface area contributed by atoms with Gasteiger partial charge >= 0.3 is 0 Å². The molecule has 0 heterocycles. The van der Waals surface area contributed by atoms with Gasteiger partial charge in [-0.15, -0.1) is 0 Å². The summed E-state index contributed by atoms with van der Waals surface area (Å²) in [5, 5.41) is 0. The van der Waals surface area contributed by atoms with Crippen LogP contribution in [0.5, 0.6) is 0 Å². The van der Waals surface area contributed by atoms with E-state index in [4.69, 9.17) is 17.1 Å². The zero-order chi connectivity index (χ0) is 8.20. The van der Waals surface area contributed by atoms with E-state index in [0.29, 0.717) is 6.61 Å². The summed E-state index contributed by atoms with van der Waals surface area (Å²) in [4.78, 5) is 5.68. The van der Waals surface area contributed by atoms with Crippen LogP contribution in [0.25, 0.3) is 0 Å². The van der Waals surface area contributed by atoms with Crippen molar-refractivity contribution in [2.75, 3.05) is 6.61 Å². The van der Waals surface area contributed by atoms with Crippen LogP contribution in [-0.4, -0.2) is 11.6 Å². The van der Waals surface area contributed by atoms with E-state index in [2.05, 4.69) is 5.48 Å². The minimum atomic E-state index is 0.00447. The highest BCUT2D eigenvalue weighted by atomic mass is 32.1. The third-order valence-corrected chi connectivity index (χ3v) is 1.69. The van der Waals surface area contributed by atoms with Gasteiger partial charge in [0, 0.05) is 5.41 Å². The molecule has 2 nitrogen and oxygen atoms in total. The molecule has 0 aromatic rings. The highest BCUT2D eigenvalue weighted by molar-refractivity contribution is 7.80. The zero-order valence-corrected chi connectivity index (χ0v) is 7.84. The van der Waals surface area contributed by atoms with Crippen molar-refractivity contribution in [2.24, 2.45) is 5.41 Å². The first-order valence-electron chi connectivity index (χ1n) is 3.40. The van der Waals surface area contributed by atoms with Crippen molar-refractivity contribution in [3.8, 4) is 0 Å². The Morgan fingerprint density at radius 2 is 2.00 bits per heavy atom. The molecule has 0 bridgehead atoms. The summed E-state index contributed by atoms with van der Waals surface area (Å²) < 4.78 is 0. The molecule has 3 heteroatoms. The summed E-state index contributed by atoms with van der Waals surface area (Å²) in [5.74, 6) is 0. The lowest BCUT2D eigenvalue weighted by Gasteiger charge is -2.19. The van der Waals surface area contributed by atoms with E-state index in [1.54, 1.807) is 0 Å². The maximum Gasteiger partial charge on any atom is 0.106 e. The van der Waals surface area contributed by atoms with Crippen molar-refractivity contribution in [2.45, 2.75) is 27.7 Å². The normalized spacial score (nSPS) is 11.2. The molecule has 0 saturated heterocycles. The van der Waals surface area contributed by atoms with Gasteiger partial charge < -0.3 is 0 Å². The fourth-order valence-corrected chi connectivity index (χ4v) is 0.350. The molecule has 1 N–H and O–H groups in total. The Kier molecular flexibility index (Phi) is 3.83. The van der Waals surface area contributed by atoms with Crippen molar-refractivity contribution in [3.05, 3.63) is 0 Å². The second kappa shape index (κ2) is 3.88. The second-order valence-corrected chi connectivity index (χ2v) is 3.52. The maximum absolute atomic E-state index is 5.02. The number of hydrogen-bond donors (Lipinski definition) is 1. The molecule has 10 heavy (non-hydrogen) atoms. The van der Waals surface area contributed by atoms with E-state index in [-0.39, 0.29) is 5.41 Å². The number of nitrogens with one attached hydrogen (secondary N) is 1. The summed E-state index contributed by atoms with van der Waals surface area (Å²) in [6, 6.07) is 0. The molecule has 0 atom stereocenters. The van der Waals surface area contributed by atoms with E-state index < -0.39 is 0 Å². The van der Waals surface area contributed by atoms with Crippen molar-refractivity contribution < 1.29 is 4.84 Å². The third kappa shape index (κ3) is 3.80. The van der Waals surface area contributed by atoms with Crippen molar-refractivity contribution in [1.29, 1.82) is 0 Å². The molecular weight excluding hydrogens is 146 g/mol. The number of hydrogen-bond acceptors (Lipinski definition) is 2. The van der Waals surface area contributed by atoms with Crippen LogP contribution in [0.3, 0.4) is 0 Å². The topological polar surface area (TPSA) is 21.3 Å². The second-order valence-electron chi connectivity index (χ2n) is 3.11. The Balaban J connectivity index is 3.64. The average Bonchev–Trinajstić information content (AvgIpc) is 1.80. The lowest BCUT2D eigenvalue weighted by Crippen LogP contribution is -2.33. The summed E-state index contributed by atoms with van der Waals surface area (Å²) in [6.07, 6.45) is 0. The minimum absolute atomic E-state index is 0.00447. The van der Waals surface area contributed by atoms with Crippen LogP contribution in [0, 0.1) is 5.41 Å². The molecule has 0 aromatic heterocycles. The molecule has 0 saturated carbocycles. The minimum Gasteiger partial charge on any atom is -0.276 e. The van der Waals surface area contributed by atoms with Gasteiger partial charge in [0.2, 0.25) is 0 Å². The molecule has 0 aliphatic heterocycles. The van der Waals surface area contributed by atoms with Crippen LogP contribution in [-0.2, 0) is 4.84 Å². The van der Waals surface area contributed by atoms with E-state index in [1.807, 2.05) is 27.7 Å². The predicted octanol–water partition coefficient (Wildman–Crippen LogP) is 1.90. The number of thiocarbonyl (C=S) groups is 1. The fourth-order valence-electron chi connectivity index (χ4n) is 0.291. The monoisotopic (exact) mass is 161 g/mol. The molecule has 0 aromatic carbocycles. The third-order valence-electron chi connectivity index (χ3n) is 0.990. The number of hydroxylamine groups is 1. The van der Waals surface area contributed by atoms with E-state index in [0.717, 1.165) is 4.99 Å². The van der Waals surface area contributed by atoms with Gasteiger partial charge in [0.25, 0.3) is 0 Å². The number of rotatable bonds is 2. The SMILES string of the molecule is CCONC(=S)C(C)(C)C. The van der Waals surface area contributed by atoms with Gasteiger partial charge in [-0.25, -0.2) is 0 Å². The van der Waals surface area contributed by atoms with E-state index in [9.17, 15) is 0 Å². The van der Waals surface area contributed by atoms with Gasteiger partial charge in [-0.05, 0) is 6.92 Å². The van der Waals surface area contributed by atoms with Gasteiger partial charge in [-0.1, -0.05) is 33.0 Å². The molecule has 0 aliphatic carbocycles. The van der Waals surface area contributed by atoms with Crippen LogP contribution in [0.2, 0.25) is 0 Å². The van der Waals surface area contributed by atoms with Gasteiger partial charge in [0.15, 0.2) is 0 Å². The molecule has 0 radical (unpaired) electrons. The van der Waals surface area contributed by atoms with Crippen LogP contribution in [0.15, 0.2) is 0 Å². The van der Waals surface area contributed by atoms with Gasteiger partial charge in [-0.3, -0.25) is 10.3 Å². The Morgan fingerprint density at radius 3 is 2.30 bits per heavy atom. The first-order valence-corrected chi connectivity index (χ1v) is 3.81. The smallest absolute Gasteiger partial charge is 0.106 e. The fraction of sp³-hybridized carbons (Fsp3) is 0.857. The maximum atomic E-state index is 5.02. The molecule has 0 rings (SSSR count). The summed E-state index contributed by atoms with van der Waals surface area (Å²) in [6.45, 7) is 8.68. The van der Waals surface area contributed by atoms with Crippen LogP contribution >= 0.6 is 12.2 Å². The van der Waals surface area contributed by atoms with Gasteiger partial charge in [-0.2, -0.15) is 0 Å². The van der Waals surface area contributed by atoms with Crippen molar-refractivity contribution in [3.63, 3.8) is 0 Å². The largest absolute Gasteiger partial charge is 0.276 e. The van der Waals surface area contributed by atoms with Gasteiger partial charge in [0.05, 0.1) is 6.61 Å². The first kappa shape index (κ1) is 9.85. The quantitative estimate of drug-likeness (QED) is 0.493. The van der Waals surface area contributed by atoms with Crippen molar-refractivity contribution >= 4 is 17.2 Å². The first-order chi connectivity index (χ1) is 4.48. The Labute approximate surface area is 67.9 Å². The lowest BCUT2D eigenvalue weighted by atomic mass is 9.97. The summed E-state index contributed by atoms with van der Waals surface area (Å²) >= 11 is 5.02. The zero-order valence-electron chi connectivity index (χ0n) is 7.02. The highest BCUT2D eigenvalue weighted by Crippen LogP contribution is 2.13. The summed E-state index contributed by atoms with van der Waals surface area (Å²) in [7, 11) is 0. The van der Waals surface area contributed by atoms with E-state index in [1.165, 1.54) is 0 Å². The van der Waals surface area contributed by atoms with E-state index >= 15 is 0 Å². The van der Waals surface area contributed by atoms with Gasteiger partial charge in [0.1, 0.15) is 4.99 Å². The Hall–Kier alpha value is -0.150. The molecule has 0 aliphatic rings. The molecule has 60 valence electrons.